The molecular weight excluding hydrogens is 232 g/mol. The van der Waals surface area contributed by atoms with Crippen LogP contribution in [0.4, 0.5) is 5.95 Å². The molecule has 0 aromatic carbocycles. The zero-order valence-electron chi connectivity index (χ0n) is 10.0. The predicted molar refractivity (Wildman–Crippen MR) is 66.6 cm³/mol. The minimum absolute atomic E-state index is 0.351. The molecule has 92 valence electrons. The molecule has 0 fully saturated rings. The van der Waals surface area contributed by atoms with E-state index < -0.39 is 0 Å². The van der Waals surface area contributed by atoms with Gasteiger partial charge in [-0.25, -0.2) is 9.55 Å². The highest BCUT2D eigenvalue weighted by Crippen LogP contribution is 2.22. The summed E-state index contributed by atoms with van der Waals surface area (Å²) in [5.74, 6) is 1.54. The molecule has 3 aromatic rings. The van der Waals surface area contributed by atoms with Gasteiger partial charge in [-0.05, 0) is 6.07 Å². The molecule has 7 heteroatoms. The number of ether oxygens (including phenoxy) is 1. The molecular formula is C11H12N6O. The van der Waals surface area contributed by atoms with Crippen LogP contribution in [0, 0.1) is 0 Å². The fourth-order valence-electron chi connectivity index (χ4n) is 1.82. The van der Waals surface area contributed by atoms with E-state index in [0.717, 1.165) is 0 Å². The van der Waals surface area contributed by atoms with Gasteiger partial charge in [0.1, 0.15) is 5.52 Å². The molecule has 0 saturated heterocycles. The highest BCUT2D eigenvalue weighted by atomic mass is 16.5. The number of nitrogens with two attached hydrogens (primary N) is 1. The highest BCUT2D eigenvalue weighted by Gasteiger charge is 2.13. The molecule has 2 N–H and O–H groups in total. The zero-order chi connectivity index (χ0) is 12.7. The number of methoxy groups -OCH3 is 1. The van der Waals surface area contributed by atoms with Gasteiger partial charge in [0.05, 0.1) is 7.11 Å². The number of aryl methyl sites for hydroxylation is 1. The summed E-state index contributed by atoms with van der Waals surface area (Å²) >= 11 is 0. The Hall–Kier alpha value is -2.57. The summed E-state index contributed by atoms with van der Waals surface area (Å²) < 4.78 is 8.50. The van der Waals surface area contributed by atoms with E-state index in [9.17, 15) is 0 Å². The van der Waals surface area contributed by atoms with Crippen LogP contribution in [0.25, 0.3) is 17.0 Å². The lowest BCUT2D eigenvalue weighted by atomic mass is 10.4. The minimum Gasteiger partial charge on any atom is -0.481 e. The van der Waals surface area contributed by atoms with Crippen molar-refractivity contribution in [1.29, 1.82) is 0 Å². The topological polar surface area (TPSA) is 83.8 Å². The molecule has 7 nitrogen and oxygen atoms in total. The van der Waals surface area contributed by atoms with Crippen LogP contribution in [0.5, 0.6) is 5.88 Å². The van der Waals surface area contributed by atoms with E-state index >= 15 is 0 Å². The van der Waals surface area contributed by atoms with Crippen molar-refractivity contribution in [2.75, 3.05) is 12.8 Å². The Morgan fingerprint density at radius 1 is 1.22 bits per heavy atom. The van der Waals surface area contributed by atoms with Crippen LogP contribution in [0.15, 0.2) is 24.4 Å². The van der Waals surface area contributed by atoms with Crippen molar-refractivity contribution < 1.29 is 4.74 Å². The third kappa shape index (κ3) is 1.48. The maximum atomic E-state index is 5.91. The van der Waals surface area contributed by atoms with Crippen molar-refractivity contribution in [3.63, 3.8) is 0 Å². The van der Waals surface area contributed by atoms with E-state index in [4.69, 9.17) is 10.5 Å². The quantitative estimate of drug-likeness (QED) is 0.719. The minimum atomic E-state index is 0.351. The first-order chi connectivity index (χ1) is 8.69. The summed E-state index contributed by atoms with van der Waals surface area (Å²) in [6, 6.07) is 5.41. The SMILES string of the molecule is COc1ccc2nc(N)n(-c3ccn(C)n3)c2n1. The van der Waals surface area contributed by atoms with Gasteiger partial charge in [-0.15, -0.1) is 0 Å². The van der Waals surface area contributed by atoms with Gasteiger partial charge in [0.15, 0.2) is 11.5 Å². The number of pyridine rings is 1. The molecule has 0 bridgehead atoms. The molecule has 18 heavy (non-hydrogen) atoms. The first kappa shape index (κ1) is 10.6. The largest absolute Gasteiger partial charge is 0.481 e. The number of nitrogens with zero attached hydrogens (tertiary/aromatic N) is 5. The predicted octanol–water partition coefficient (Wildman–Crippen LogP) is 0.745. The van der Waals surface area contributed by atoms with Crippen LogP contribution >= 0.6 is 0 Å². The van der Waals surface area contributed by atoms with Gasteiger partial charge in [-0.1, -0.05) is 0 Å². The summed E-state index contributed by atoms with van der Waals surface area (Å²) in [7, 11) is 3.41. The van der Waals surface area contributed by atoms with E-state index in [-0.39, 0.29) is 0 Å². The number of aromatic nitrogens is 5. The Bertz CT molecular complexity index is 713. The first-order valence-corrected chi connectivity index (χ1v) is 5.38. The van der Waals surface area contributed by atoms with Crippen LogP contribution in [-0.4, -0.2) is 31.4 Å². The lowest BCUT2D eigenvalue weighted by Gasteiger charge is -2.02. The molecule has 0 radical (unpaired) electrons. The van der Waals surface area contributed by atoms with E-state index in [1.807, 2.05) is 25.4 Å². The molecule has 0 saturated carbocycles. The van der Waals surface area contributed by atoms with Crippen molar-refractivity contribution >= 4 is 17.1 Å². The van der Waals surface area contributed by atoms with Crippen molar-refractivity contribution in [2.45, 2.75) is 0 Å². The number of rotatable bonds is 2. The summed E-state index contributed by atoms with van der Waals surface area (Å²) in [5.41, 5.74) is 7.25. The van der Waals surface area contributed by atoms with Crippen LogP contribution < -0.4 is 10.5 Å². The second-order valence-electron chi connectivity index (χ2n) is 3.85. The monoisotopic (exact) mass is 244 g/mol. The fourth-order valence-corrected chi connectivity index (χ4v) is 1.82. The smallest absolute Gasteiger partial charge is 0.215 e. The molecule has 0 amide bonds. The third-order valence-corrected chi connectivity index (χ3v) is 2.64. The summed E-state index contributed by atoms with van der Waals surface area (Å²) in [6.45, 7) is 0. The second kappa shape index (κ2) is 3.73. The van der Waals surface area contributed by atoms with Crippen molar-refractivity contribution in [3.8, 4) is 11.7 Å². The van der Waals surface area contributed by atoms with Gasteiger partial charge in [0.25, 0.3) is 0 Å². The van der Waals surface area contributed by atoms with E-state index in [0.29, 0.717) is 28.8 Å². The summed E-state index contributed by atoms with van der Waals surface area (Å²) in [5, 5.41) is 4.30. The molecule has 3 aromatic heterocycles. The highest BCUT2D eigenvalue weighted by molar-refractivity contribution is 5.77. The number of nitrogen functional groups attached to an aromatic ring is 1. The molecule has 3 heterocycles. The number of hydrogen-bond acceptors (Lipinski definition) is 5. The summed E-state index contributed by atoms with van der Waals surface area (Å²) in [4.78, 5) is 8.60. The summed E-state index contributed by atoms with van der Waals surface area (Å²) in [6.07, 6.45) is 1.83. The number of imidazole rings is 1. The Morgan fingerprint density at radius 2 is 2.06 bits per heavy atom. The first-order valence-electron chi connectivity index (χ1n) is 5.38. The lowest BCUT2D eigenvalue weighted by Crippen LogP contribution is -2.03. The molecule has 0 atom stereocenters. The zero-order valence-corrected chi connectivity index (χ0v) is 10.0. The van der Waals surface area contributed by atoms with Crippen LogP contribution in [-0.2, 0) is 7.05 Å². The standard InChI is InChI=1S/C11H12N6O/c1-16-6-5-8(15-16)17-10-7(13-11(17)12)3-4-9(14-10)18-2/h3-6H,1-2H3,(H2,12,13). The van der Waals surface area contributed by atoms with E-state index in [1.165, 1.54) is 0 Å². The molecule has 0 spiro atoms. The van der Waals surface area contributed by atoms with Crippen LogP contribution in [0.3, 0.4) is 0 Å². The fraction of sp³-hybridized carbons (Fsp3) is 0.182. The number of hydrogen-bond donors (Lipinski definition) is 1. The Balaban J connectivity index is 2.29. The maximum Gasteiger partial charge on any atom is 0.215 e. The van der Waals surface area contributed by atoms with Crippen molar-refractivity contribution in [1.82, 2.24) is 24.3 Å². The van der Waals surface area contributed by atoms with Gasteiger partial charge in [0.2, 0.25) is 11.8 Å². The van der Waals surface area contributed by atoms with E-state index in [1.54, 1.807) is 22.4 Å². The average Bonchev–Trinajstić information content (AvgIpc) is 2.90. The van der Waals surface area contributed by atoms with Crippen molar-refractivity contribution in [2.24, 2.45) is 7.05 Å². The second-order valence-corrected chi connectivity index (χ2v) is 3.85. The maximum absolute atomic E-state index is 5.91. The molecule has 3 rings (SSSR count). The molecule has 0 aliphatic rings. The average molecular weight is 244 g/mol. The van der Waals surface area contributed by atoms with Gasteiger partial charge >= 0.3 is 0 Å². The Morgan fingerprint density at radius 3 is 2.72 bits per heavy atom. The van der Waals surface area contributed by atoms with Gasteiger partial charge < -0.3 is 10.5 Å². The van der Waals surface area contributed by atoms with Gasteiger partial charge in [-0.3, -0.25) is 4.68 Å². The molecule has 0 unspecified atom stereocenters. The van der Waals surface area contributed by atoms with Crippen molar-refractivity contribution in [3.05, 3.63) is 24.4 Å². The van der Waals surface area contributed by atoms with Crippen LogP contribution in [0.2, 0.25) is 0 Å². The van der Waals surface area contributed by atoms with Gasteiger partial charge in [0, 0.05) is 25.4 Å². The van der Waals surface area contributed by atoms with Gasteiger partial charge in [-0.2, -0.15) is 10.1 Å². The Kier molecular flexibility index (Phi) is 2.19. The van der Waals surface area contributed by atoms with E-state index in [2.05, 4.69) is 15.1 Å². The molecule has 0 aliphatic carbocycles. The number of anilines is 1. The third-order valence-electron chi connectivity index (χ3n) is 2.64. The van der Waals surface area contributed by atoms with Crippen LogP contribution in [0.1, 0.15) is 0 Å². The lowest BCUT2D eigenvalue weighted by molar-refractivity contribution is 0.399. The normalized spacial score (nSPS) is 11.0. The Labute approximate surface area is 103 Å². The molecule has 0 aliphatic heterocycles. The number of fused-ring (bicyclic) bond motifs is 1.